The third-order valence-electron chi connectivity index (χ3n) is 6.38. The Kier molecular flexibility index (Phi) is 7.90. The first-order valence-electron chi connectivity index (χ1n) is 11.0. The average molecular weight is 424 g/mol. The molecule has 164 valence electrons. The molecule has 1 aliphatic rings. The molecule has 30 heavy (non-hydrogen) atoms. The maximum atomic E-state index is 14.5. The zero-order valence-corrected chi connectivity index (χ0v) is 17.4. The lowest BCUT2D eigenvalue weighted by Gasteiger charge is -2.28. The highest BCUT2D eigenvalue weighted by Crippen LogP contribution is 2.35. The maximum absolute atomic E-state index is 14.5. The molecule has 0 unspecified atom stereocenters. The van der Waals surface area contributed by atoms with Gasteiger partial charge in [0.15, 0.2) is 17.5 Å². The summed E-state index contributed by atoms with van der Waals surface area (Å²) in [4.78, 5) is 0. The molecule has 0 aliphatic heterocycles. The topological polar surface area (TPSA) is 0 Å². The molecule has 0 saturated heterocycles. The second kappa shape index (κ2) is 10.4. The Balaban J connectivity index is 1.57. The molecule has 0 bridgehead atoms. The van der Waals surface area contributed by atoms with Crippen LogP contribution in [0.5, 0.6) is 0 Å². The van der Waals surface area contributed by atoms with Gasteiger partial charge in [0, 0.05) is 0 Å². The van der Waals surface area contributed by atoms with Gasteiger partial charge in [-0.25, -0.2) is 22.0 Å². The fourth-order valence-corrected chi connectivity index (χ4v) is 4.64. The predicted octanol–water partition coefficient (Wildman–Crippen LogP) is 8.37. The van der Waals surface area contributed by atoms with Crippen molar-refractivity contribution in [2.45, 2.75) is 71.1 Å². The minimum absolute atomic E-state index is 0.354. The Bertz CT molecular complexity index is 807. The zero-order chi connectivity index (χ0) is 21.7. The first-order valence-corrected chi connectivity index (χ1v) is 11.0. The molecule has 1 fully saturated rings. The van der Waals surface area contributed by atoms with Crippen LogP contribution in [0.1, 0.15) is 70.3 Å². The molecule has 2 aromatic rings. The Labute approximate surface area is 175 Å². The normalized spacial score (nSPS) is 19.3. The molecule has 1 aliphatic carbocycles. The fraction of sp³-hybridized carbons (Fsp3) is 0.520. The molecule has 0 atom stereocenters. The highest BCUT2D eigenvalue weighted by molar-refractivity contribution is 5.65. The van der Waals surface area contributed by atoms with Crippen molar-refractivity contribution < 1.29 is 22.0 Å². The number of rotatable bonds is 8. The largest absolute Gasteiger partial charge is 0.206 e. The van der Waals surface area contributed by atoms with Crippen molar-refractivity contribution in [3.8, 4) is 11.1 Å². The van der Waals surface area contributed by atoms with Crippen LogP contribution in [0.25, 0.3) is 11.1 Å². The van der Waals surface area contributed by atoms with Gasteiger partial charge in [0.2, 0.25) is 0 Å². The highest BCUT2D eigenvalue weighted by atomic mass is 19.2. The number of aryl methyl sites for hydroxylation is 1. The van der Waals surface area contributed by atoms with Crippen LogP contribution >= 0.6 is 0 Å². The van der Waals surface area contributed by atoms with E-state index < -0.39 is 34.6 Å². The third-order valence-corrected chi connectivity index (χ3v) is 6.38. The predicted molar refractivity (Wildman–Crippen MR) is 110 cm³/mol. The van der Waals surface area contributed by atoms with Crippen LogP contribution in [0.3, 0.4) is 0 Å². The second-order valence-electron chi connectivity index (χ2n) is 8.61. The molecule has 0 radical (unpaired) electrons. The van der Waals surface area contributed by atoms with Gasteiger partial charge < -0.3 is 0 Å². The molecule has 2 aromatic carbocycles. The molecule has 0 heterocycles. The van der Waals surface area contributed by atoms with Crippen molar-refractivity contribution in [2.75, 3.05) is 0 Å². The maximum Gasteiger partial charge on any atom is 0.194 e. The van der Waals surface area contributed by atoms with E-state index in [9.17, 15) is 22.0 Å². The van der Waals surface area contributed by atoms with Crippen LogP contribution in [0.4, 0.5) is 22.0 Å². The first-order chi connectivity index (χ1) is 14.4. The lowest BCUT2D eigenvalue weighted by molar-refractivity contribution is 0.247. The molecule has 3 rings (SSSR count). The van der Waals surface area contributed by atoms with Crippen molar-refractivity contribution in [3.63, 3.8) is 0 Å². The van der Waals surface area contributed by atoms with Crippen molar-refractivity contribution in [1.82, 2.24) is 0 Å². The van der Waals surface area contributed by atoms with Crippen LogP contribution in [0.2, 0.25) is 0 Å². The van der Waals surface area contributed by atoms with Gasteiger partial charge in [0.05, 0.1) is 5.56 Å². The van der Waals surface area contributed by atoms with Crippen molar-refractivity contribution in [1.29, 1.82) is 0 Å². The summed E-state index contributed by atoms with van der Waals surface area (Å²) in [5.41, 5.74) is -0.372. The standard InChI is InChI=1S/C25H29F5/c1-2-3-5-16-8-10-17(11-9-16)6-4-7-18-12-20(26)24(21(27)13-18)19-14-22(28)25(30)23(29)15-19/h12-17H,2-11H2,1H3. The average Bonchev–Trinajstić information content (AvgIpc) is 2.71. The van der Waals surface area contributed by atoms with E-state index in [1.54, 1.807) is 0 Å². The van der Waals surface area contributed by atoms with Crippen molar-refractivity contribution >= 4 is 0 Å². The SMILES string of the molecule is CCCCC1CCC(CCCc2cc(F)c(-c3cc(F)c(F)c(F)c3)c(F)c2)CC1. The second-order valence-corrected chi connectivity index (χ2v) is 8.61. The molecule has 0 N–H and O–H groups in total. The van der Waals surface area contributed by atoms with Gasteiger partial charge >= 0.3 is 0 Å². The van der Waals surface area contributed by atoms with E-state index in [2.05, 4.69) is 6.92 Å². The number of hydrogen-bond acceptors (Lipinski definition) is 0. The Morgan fingerprint density at radius 1 is 0.700 bits per heavy atom. The van der Waals surface area contributed by atoms with E-state index in [1.165, 1.54) is 57.1 Å². The van der Waals surface area contributed by atoms with Crippen LogP contribution < -0.4 is 0 Å². The molecular weight excluding hydrogens is 395 g/mol. The molecule has 1 saturated carbocycles. The molecule has 0 amide bonds. The monoisotopic (exact) mass is 424 g/mol. The van der Waals surface area contributed by atoms with Crippen LogP contribution in [-0.4, -0.2) is 0 Å². The molecule has 0 aromatic heterocycles. The zero-order valence-electron chi connectivity index (χ0n) is 17.4. The van der Waals surface area contributed by atoms with Gasteiger partial charge in [-0.3, -0.25) is 0 Å². The summed E-state index contributed by atoms with van der Waals surface area (Å²) >= 11 is 0. The minimum atomic E-state index is -1.66. The summed E-state index contributed by atoms with van der Waals surface area (Å²) in [7, 11) is 0. The number of benzene rings is 2. The number of hydrogen-bond donors (Lipinski definition) is 0. The van der Waals surface area contributed by atoms with Crippen molar-refractivity contribution in [3.05, 3.63) is 58.9 Å². The van der Waals surface area contributed by atoms with E-state index in [0.717, 1.165) is 18.8 Å². The Morgan fingerprint density at radius 2 is 1.20 bits per heavy atom. The fourth-order valence-electron chi connectivity index (χ4n) is 4.64. The van der Waals surface area contributed by atoms with Crippen LogP contribution in [0, 0.1) is 40.9 Å². The quantitative estimate of drug-likeness (QED) is 0.295. The molecule has 0 spiro atoms. The lowest BCUT2D eigenvalue weighted by atomic mass is 9.78. The van der Waals surface area contributed by atoms with Crippen LogP contribution in [-0.2, 0) is 6.42 Å². The smallest absolute Gasteiger partial charge is 0.194 e. The van der Waals surface area contributed by atoms with E-state index in [4.69, 9.17) is 0 Å². The summed E-state index contributed by atoms with van der Waals surface area (Å²) < 4.78 is 69.0. The van der Waals surface area contributed by atoms with Gasteiger partial charge in [-0.1, -0.05) is 58.3 Å². The number of halogens is 5. The van der Waals surface area contributed by atoms with E-state index in [0.29, 0.717) is 30.0 Å². The summed E-state index contributed by atoms with van der Waals surface area (Å²) in [5.74, 6) is -4.86. The van der Waals surface area contributed by atoms with Gasteiger partial charge in [0.25, 0.3) is 0 Å². The lowest BCUT2D eigenvalue weighted by Crippen LogP contribution is -2.14. The first kappa shape index (κ1) is 22.8. The molecule has 0 nitrogen and oxygen atoms in total. The van der Waals surface area contributed by atoms with Gasteiger partial charge in [-0.05, 0) is 60.1 Å². The van der Waals surface area contributed by atoms with Gasteiger partial charge in [-0.2, -0.15) is 0 Å². The van der Waals surface area contributed by atoms with Crippen molar-refractivity contribution in [2.24, 2.45) is 11.8 Å². The van der Waals surface area contributed by atoms with E-state index in [-0.39, 0.29) is 5.56 Å². The molecular formula is C25H29F5. The van der Waals surface area contributed by atoms with E-state index in [1.807, 2.05) is 0 Å². The molecule has 5 heteroatoms. The van der Waals surface area contributed by atoms with Gasteiger partial charge in [-0.15, -0.1) is 0 Å². The Hall–Kier alpha value is -1.91. The summed E-state index contributed by atoms with van der Waals surface area (Å²) in [6.07, 6.45) is 11.4. The number of unbranched alkanes of at least 4 members (excludes halogenated alkanes) is 1. The summed E-state index contributed by atoms with van der Waals surface area (Å²) in [6.45, 7) is 2.22. The van der Waals surface area contributed by atoms with Crippen LogP contribution in [0.15, 0.2) is 24.3 Å². The van der Waals surface area contributed by atoms with E-state index >= 15 is 0 Å². The highest BCUT2D eigenvalue weighted by Gasteiger charge is 2.21. The van der Waals surface area contributed by atoms with Gasteiger partial charge in [0.1, 0.15) is 11.6 Å². The minimum Gasteiger partial charge on any atom is -0.206 e. The summed E-state index contributed by atoms with van der Waals surface area (Å²) in [6, 6.07) is 3.63. The Morgan fingerprint density at radius 3 is 1.70 bits per heavy atom. The summed E-state index contributed by atoms with van der Waals surface area (Å²) in [5, 5.41) is 0. The third kappa shape index (κ3) is 5.61.